The largest absolute Gasteiger partial charge is 0.495 e. The van der Waals surface area contributed by atoms with Crippen molar-refractivity contribution >= 4 is 40.0 Å². The van der Waals surface area contributed by atoms with Gasteiger partial charge in [-0.25, -0.2) is 0 Å². The summed E-state index contributed by atoms with van der Waals surface area (Å²) in [6.07, 6.45) is 0. The van der Waals surface area contributed by atoms with E-state index in [1.54, 1.807) is 6.07 Å². The molecule has 1 rings (SSSR count). The molecule has 0 saturated heterocycles. The highest BCUT2D eigenvalue weighted by molar-refractivity contribution is 14.1. The summed E-state index contributed by atoms with van der Waals surface area (Å²) < 4.78 is 5.74. The lowest BCUT2D eigenvalue weighted by molar-refractivity contribution is 0.102. The molecule has 0 radical (unpaired) electrons. The first-order valence-electron chi connectivity index (χ1n) is 4.00. The van der Waals surface area contributed by atoms with Crippen LogP contribution in [0.5, 0.6) is 5.75 Å². The molecule has 1 aromatic carbocycles. The van der Waals surface area contributed by atoms with Gasteiger partial charge in [-0.2, -0.15) is 5.26 Å². The number of Topliss-reactive ketones (excluding diaryl/α,β-unsaturated/α-hetero) is 1. The van der Waals surface area contributed by atoms with Gasteiger partial charge in [-0.15, -0.1) is 11.6 Å². The van der Waals surface area contributed by atoms with Crippen LogP contribution < -0.4 is 4.74 Å². The van der Waals surface area contributed by atoms with E-state index in [1.165, 1.54) is 13.2 Å². The molecule has 0 bridgehead atoms. The third-order valence-electron chi connectivity index (χ3n) is 1.83. The monoisotopic (exact) mass is 335 g/mol. The zero-order chi connectivity index (χ0) is 11.4. The molecule has 0 amide bonds. The number of rotatable bonds is 3. The molecule has 15 heavy (non-hydrogen) atoms. The minimum atomic E-state index is -0.194. The summed E-state index contributed by atoms with van der Waals surface area (Å²) in [5.74, 6) is 0.181. The summed E-state index contributed by atoms with van der Waals surface area (Å²) in [7, 11) is 1.48. The quantitative estimate of drug-likeness (QED) is 0.485. The Morgan fingerprint density at radius 2 is 2.33 bits per heavy atom. The van der Waals surface area contributed by atoms with Crippen LogP contribution >= 0.6 is 34.2 Å². The molecule has 78 valence electrons. The standard InChI is InChI=1S/C10H7ClINO2/c1-15-10-3-8(12)7(9(14)4-11)2-6(10)5-13/h2-3H,4H2,1H3. The fraction of sp³-hybridized carbons (Fsp3) is 0.200. The number of hydrogen-bond donors (Lipinski definition) is 0. The zero-order valence-electron chi connectivity index (χ0n) is 7.88. The molecule has 1 aromatic rings. The summed E-state index contributed by atoms with van der Waals surface area (Å²) in [5, 5.41) is 8.84. The van der Waals surface area contributed by atoms with Crippen molar-refractivity contribution in [3.8, 4) is 11.8 Å². The van der Waals surface area contributed by atoms with E-state index >= 15 is 0 Å². The van der Waals surface area contributed by atoms with Crippen molar-refractivity contribution < 1.29 is 9.53 Å². The van der Waals surface area contributed by atoms with Crippen LogP contribution in [0.3, 0.4) is 0 Å². The fourth-order valence-electron chi connectivity index (χ4n) is 1.10. The molecule has 0 aliphatic heterocycles. The average molecular weight is 336 g/mol. The van der Waals surface area contributed by atoms with Crippen LogP contribution in [0, 0.1) is 14.9 Å². The van der Waals surface area contributed by atoms with Gasteiger partial charge in [-0.05, 0) is 34.7 Å². The Morgan fingerprint density at radius 1 is 1.67 bits per heavy atom. The van der Waals surface area contributed by atoms with E-state index in [0.29, 0.717) is 16.9 Å². The molecule has 0 heterocycles. The van der Waals surface area contributed by atoms with E-state index < -0.39 is 0 Å². The average Bonchev–Trinajstić information content (AvgIpc) is 2.27. The Bertz CT molecular complexity index is 440. The summed E-state index contributed by atoms with van der Waals surface area (Å²) in [6.45, 7) is 0. The number of halogens is 2. The number of methoxy groups -OCH3 is 1. The third kappa shape index (κ3) is 2.61. The van der Waals surface area contributed by atoms with E-state index in [2.05, 4.69) is 0 Å². The molecule has 0 atom stereocenters. The van der Waals surface area contributed by atoms with Crippen molar-refractivity contribution in [1.29, 1.82) is 5.26 Å². The molecule has 0 aliphatic carbocycles. The molecule has 0 aliphatic rings. The molecule has 0 spiro atoms. The van der Waals surface area contributed by atoms with Crippen LogP contribution in [0.15, 0.2) is 12.1 Å². The highest BCUT2D eigenvalue weighted by Gasteiger charge is 2.13. The number of nitriles is 1. The lowest BCUT2D eigenvalue weighted by Crippen LogP contribution is -2.04. The molecular weight excluding hydrogens is 328 g/mol. The smallest absolute Gasteiger partial charge is 0.178 e. The second-order valence-electron chi connectivity index (χ2n) is 2.70. The summed E-state index contributed by atoms with van der Waals surface area (Å²) in [6, 6.07) is 5.13. The number of benzene rings is 1. The van der Waals surface area contributed by atoms with Crippen molar-refractivity contribution in [2.45, 2.75) is 0 Å². The highest BCUT2D eigenvalue weighted by atomic mass is 127. The molecular formula is C10H7ClINO2. The summed E-state index contributed by atoms with van der Waals surface area (Å²) in [5.41, 5.74) is 0.800. The van der Waals surface area contributed by atoms with Gasteiger partial charge in [0.1, 0.15) is 11.8 Å². The van der Waals surface area contributed by atoms with Crippen LogP contribution in [0.4, 0.5) is 0 Å². The van der Waals surface area contributed by atoms with Gasteiger partial charge in [0.15, 0.2) is 5.78 Å². The van der Waals surface area contributed by atoms with Crippen LogP contribution in [0.1, 0.15) is 15.9 Å². The van der Waals surface area contributed by atoms with Gasteiger partial charge >= 0.3 is 0 Å². The van der Waals surface area contributed by atoms with Crippen LogP contribution in [-0.2, 0) is 0 Å². The summed E-state index contributed by atoms with van der Waals surface area (Å²) >= 11 is 7.47. The minimum absolute atomic E-state index is 0.0901. The van der Waals surface area contributed by atoms with Crippen LogP contribution in [0.2, 0.25) is 0 Å². The first kappa shape index (κ1) is 12.3. The van der Waals surface area contributed by atoms with Crippen molar-refractivity contribution in [2.24, 2.45) is 0 Å². The van der Waals surface area contributed by atoms with E-state index in [9.17, 15) is 4.79 Å². The van der Waals surface area contributed by atoms with Gasteiger partial charge in [-0.1, -0.05) is 0 Å². The normalized spacial score (nSPS) is 9.47. The topological polar surface area (TPSA) is 50.1 Å². The number of ketones is 1. The number of hydrogen-bond acceptors (Lipinski definition) is 3. The predicted molar refractivity (Wildman–Crippen MR) is 65.5 cm³/mol. The fourth-order valence-corrected chi connectivity index (χ4v) is 1.98. The minimum Gasteiger partial charge on any atom is -0.495 e. The van der Waals surface area contributed by atoms with Gasteiger partial charge in [-0.3, -0.25) is 4.79 Å². The van der Waals surface area contributed by atoms with Crippen molar-refractivity contribution in [3.63, 3.8) is 0 Å². The SMILES string of the molecule is COc1cc(I)c(C(=O)CCl)cc1C#N. The van der Waals surface area contributed by atoms with Gasteiger partial charge < -0.3 is 4.74 Å². The molecule has 0 saturated carbocycles. The number of ether oxygens (including phenoxy) is 1. The maximum atomic E-state index is 11.4. The molecule has 0 N–H and O–H groups in total. The first-order valence-corrected chi connectivity index (χ1v) is 5.62. The summed E-state index contributed by atoms with van der Waals surface area (Å²) in [4.78, 5) is 11.4. The first-order chi connectivity index (χ1) is 7.13. The van der Waals surface area contributed by atoms with Crippen molar-refractivity contribution in [1.82, 2.24) is 0 Å². The molecule has 0 unspecified atom stereocenters. The lowest BCUT2D eigenvalue weighted by atomic mass is 10.1. The van der Waals surface area contributed by atoms with Crippen molar-refractivity contribution in [2.75, 3.05) is 13.0 Å². The van der Waals surface area contributed by atoms with Gasteiger partial charge in [0.05, 0.1) is 18.6 Å². The van der Waals surface area contributed by atoms with Crippen LogP contribution in [0.25, 0.3) is 0 Å². The molecule has 3 nitrogen and oxygen atoms in total. The van der Waals surface area contributed by atoms with E-state index in [4.69, 9.17) is 21.6 Å². The Morgan fingerprint density at radius 3 is 2.80 bits per heavy atom. The van der Waals surface area contributed by atoms with E-state index in [-0.39, 0.29) is 11.7 Å². The Kier molecular flexibility index (Phi) is 4.36. The van der Waals surface area contributed by atoms with Crippen LogP contribution in [-0.4, -0.2) is 18.8 Å². The lowest BCUT2D eigenvalue weighted by Gasteiger charge is -2.06. The van der Waals surface area contributed by atoms with Gasteiger partial charge in [0.2, 0.25) is 0 Å². The number of carbonyl (C=O) groups excluding carboxylic acids is 1. The maximum Gasteiger partial charge on any atom is 0.178 e. The number of alkyl halides is 1. The van der Waals surface area contributed by atoms with E-state index in [0.717, 1.165) is 3.57 Å². The Balaban J connectivity index is 3.33. The zero-order valence-corrected chi connectivity index (χ0v) is 10.8. The number of nitrogens with zero attached hydrogens (tertiary/aromatic N) is 1. The van der Waals surface area contributed by atoms with E-state index in [1.807, 2.05) is 28.7 Å². The number of carbonyl (C=O) groups is 1. The molecule has 0 aromatic heterocycles. The highest BCUT2D eigenvalue weighted by Crippen LogP contribution is 2.24. The third-order valence-corrected chi connectivity index (χ3v) is 2.97. The Hall–Kier alpha value is -0.800. The predicted octanol–water partition coefficient (Wildman–Crippen LogP) is 2.59. The maximum absolute atomic E-state index is 11.4. The Labute approximate surface area is 106 Å². The molecule has 5 heteroatoms. The van der Waals surface area contributed by atoms with Gasteiger partial charge in [0.25, 0.3) is 0 Å². The second kappa shape index (κ2) is 5.33. The van der Waals surface area contributed by atoms with Crippen molar-refractivity contribution in [3.05, 3.63) is 26.8 Å². The van der Waals surface area contributed by atoms with Gasteiger partial charge in [0, 0.05) is 9.13 Å². The second-order valence-corrected chi connectivity index (χ2v) is 4.13. The molecule has 0 fully saturated rings.